The van der Waals surface area contributed by atoms with Crippen molar-refractivity contribution in [2.75, 3.05) is 6.61 Å². The highest BCUT2D eigenvalue weighted by molar-refractivity contribution is 5.88. The predicted molar refractivity (Wildman–Crippen MR) is 104 cm³/mol. The second-order valence-corrected chi connectivity index (χ2v) is 7.13. The number of H-pyrrole nitrogens is 1. The number of halogens is 6. The third-order valence-corrected chi connectivity index (χ3v) is 4.94. The van der Waals surface area contributed by atoms with Gasteiger partial charge in [-0.15, -0.1) is 10.2 Å². The normalized spacial score (nSPS) is 12.5. The molecule has 0 radical (unpaired) electrons. The molecule has 0 spiro atoms. The lowest BCUT2D eigenvalue weighted by Gasteiger charge is -2.14. The molecule has 0 atom stereocenters. The van der Waals surface area contributed by atoms with Gasteiger partial charge in [0.15, 0.2) is 5.76 Å². The van der Waals surface area contributed by atoms with Gasteiger partial charge in [-0.05, 0) is 54.3 Å². The van der Waals surface area contributed by atoms with Crippen molar-refractivity contribution in [3.63, 3.8) is 0 Å². The van der Waals surface area contributed by atoms with Crippen molar-refractivity contribution in [2.45, 2.75) is 32.1 Å². The lowest BCUT2D eigenvalue weighted by molar-refractivity contribution is -0.139. The number of aromatic amines is 1. The number of tetrazole rings is 1. The highest BCUT2D eigenvalue weighted by Gasteiger charge is 2.40. The van der Waals surface area contributed by atoms with E-state index in [-0.39, 0.29) is 42.0 Å². The number of aromatic nitrogens is 4. The maximum absolute atomic E-state index is 13.6. The summed E-state index contributed by atoms with van der Waals surface area (Å²) in [5.41, 5.74) is -0.933. The lowest BCUT2D eigenvalue weighted by atomic mass is 10.0. The largest absolute Gasteiger partial charge is 0.493 e. The van der Waals surface area contributed by atoms with Crippen molar-refractivity contribution in [3.8, 4) is 17.3 Å². The van der Waals surface area contributed by atoms with Crippen LogP contribution in [0.25, 0.3) is 22.6 Å². The first-order valence-electron chi connectivity index (χ1n) is 9.77. The van der Waals surface area contributed by atoms with Crippen LogP contribution in [-0.2, 0) is 25.2 Å². The Morgan fingerprint density at radius 3 is 2.24 bits per heavy atom. The van der Waals surface area contributed by atoms with Gasteiger partial charge in [0.05, 0.1) is 12.2 Å². The summed E-state index contributed by atoms with van der Waals surface area (Å²) < 4.78 is 91.4. The molecular weight excluding hydrogens is 454 g/mol. The van der Waals surface area contributed by atoms with Crippen LogP contribution in [0.4, 0.5) is 26.3 Å². The van der Waals surface area contributed by atoms with Crippen LogP contribution < -0.4 is 4.74 Å². The highest BCUT2D eigenvalue weighted by Crippen LogP contribution is 2.43. The summed E-state index contributed by atoms with van der Waals surface area (Å²) in [5, 5.41) is 12.3. The van der Waals surface area contributed by atoms with Crippen LogP contribution in [0.15, 0.2) is 40.8 Å². The SMILES string of the molecule is CCOc1ccc(CCc2ccc3c(C(F)(F)F)c(-c4nn[nH]n4)oc3c2)cc1C(F)(F)F. The quantitative estimate of drug-likeness (QED) is 0.359. The fourth-order valence-corrected chi connectivity index (χ4v) is 3.52. The minimum atomic E-state index is -4.72. The molecule has 0 aliphatic rings. The number of benzene rings is 2. The van der Waals surface area contributed by atoms with Crippen LogP contribution in [0.5, 0.6) is 5.75 Å². The molecular formula is C21H16F6N4O2. The molecule has 174 valence electrons. The molecule has 33 heavy (non-hydrogen) atoms. The Labute approximate surface area is 182 Å². The number of hydrogen-bond acceptors (Lipinski definition) is 5. The zero-order valence-electron chi connectivity index (χ0n) is 17.0. The average Bonchev–Trinajstić information content (AvgIpc) is 3.39. The first-order valence-corrected chi connectivity index (χ1v) is 9.77. The van der Waals surface area contributed by atoms with E-state index in [0.29, 0.717) is 11.1 Å². The van der Waals surface area contributed by atoms with Crippen molar-refractivity contribution >= 4 is 11.0 Å². The molecule has 0 aliphatic carbocycles. The Hall–Kier alpha value is -3.57. The van der Waals surface area contributed by atoms with E-state index >= 15 is 0 Å². The van der Waals surface area contributed by atoms with Crippen molar-refractivity contribution in [1.29, 1.82) is 0 Å². The van der Waals surface area contributed by atoms with E-state index in [1.54, 1.807) is 6.92 Å². The Balaban J connectivity index is 1.63. The van der Waals surface area contributed by atoms with Crippen molar-refractivity contribution < 1.29 is 35.5 Å². The summed E-state index contributed by atoms with van der Waals surface area (Å²) in [6.07, 6.45) is -8.79. The molecule has 2 heterocycles. The van der Waals surface area contributed by atoms with E-state index in [9.17, 15) is 26.3 Å². The first-order chi connectivity index (χ1) is 15.6. The summed E-state index contributed by atoms with van der Waals surface area (Å²) in [6, 6.07) is 7.98. The van der Waals surface area contributed by atoms with Crippen molar-refractivity contribution in [1.82, 2.24) is 20.6 Å². The van der Waals surface area contributed by atoms with Crippen LogP contribution in [0.1, 0.15) is 29.2 Å². The molecule has 4 aromatic rings. The second kappa shape index (κ2) is 8.41. The first kappa shape index (κ1) is 22.6. The monoisotopic (exact) mass is 470 g/mol. The van der Waals surface area contributed by atoms with Crippen LogP contribution in [-0.4, -0.2) is 27.2 Å². The molecule has 0 saturated carbocycles. The zero-order chi connectivity index (χ0) is 23.8. The number of fused-ring (bicyclic) bond motifs is 1. The standard InChI is InChI=1S/C21H16F6N4O2/c1-2-32-15-8-6-11(9-14(15)20(22,23)24)3-4-12-5-7-13-16(10-12)33-18(17(13)21(25,26)27)19-28-30-31-29-19/h5-10H,2-4H2,1H3,(H,28,29,30,31). The number of alkyl halides is 6. The Morgan fingerprint density at radius 1 is 0.939 bits per heavy atom. The summed E-state index contributed by atoms with van der Waals surface area (Å²) >= 11 is 0. The molecule has 4 rings (SSSR count). The van der Waals surface area contributed by atoms with Crippen LogP contribution >= 0.6 is 0 Å². The molecule has 12 heteroatoms. The van der Waals surface area contributed by atoms with Crippen molar-refractivity contribution in [3.05, 3.63) is 58.7 Å². The molecule has 0 aliphatic heterocycles. The third-order valence-electron chi connectivity index (χ3n) is 4.94. The maximum atomic E-state index is 13.6. The number of aryl methyl sites for hydroxylation is 2. The van der Waals surface area contributed by atoms with Gasteiger partial charge in [-0.1, -0.05) is 18.2 Å². The molecule has 0 fully saturated rings. The summed E-state index contributed by atoms with van der Waals surface area (Å²) in [6.45, 7) is 1.69. The number of hydrogen-bond donors (Lipinski definition) is 1. The topological polar surface area (TPSA) is 76.8 Å². The predicted octanol–water partition coefficient (Wildman–Crippen LogP) is 5.83. The van der Waals surface area contributed by atoms with Gasteiger partial charge < -0.3 is 9.15 Å². The Bertz CT molecular complexity index is 1260. The second-order valence-electron chi connectivity index (χ2n) is 7.13. The molecule has 1 N–H and O–H groups in total. The molecule has 0 amide bonds. The minimum absolute atomic E-state index is 0.0395. The van der Waals surface area contributed by atoms with Gasteiger partial charge in [-0.25, -0.2) is 0 Å². The van der Waals surface area contributed by atoms with Gasteiger partial charge in [-0.2, -0.15) is 31.6 Å². The van der Waals surface area contributed by atoms with E-state index < -0.39 is 29.2 Å². The fourth-order valence-electron chi connectivity index (χ4n) is 3.52. The number of nitrogens with zero attached hydrogens (tertiary/aromatic N) is 3. The number of furan rings is 1. The Kier molecular flexibility index (Phi) is 5.76. The molecule has 0 saturated heterocycles. The summed E-state index contributed by atoms with van der Waals surface area (Å²) in [7, 11) is 0. The van der Waals surface area contributed by atoms with E-state index in [2.05, 4.69) is 20.6 Å². The molecule has 2 aromatic heterocycles. The maximum Gasteiger partial charge on any atom is 0.420 e. The lowest BCUT2D eigenvalue weighted by Crippen LogP contribution is -2.09. The zero-order valence-corrected chi connectivity index (χ0v) is 17.0. The Morgan fingerprint density at radius 2 is 1.64 bits per heavy atom. The summed E-state index contributed by atoms with van der Waals surface area (Å²) in [5.74, 6) is -1.15. The van der Waals surface area contributed by atoms with E-state index in [1.807, 2.05) is 0 Å². The van der Waals surface area contributed by atoms with Crippen LogP contribution in [0.2, 0.25) is 0 Å². The van der Waals surface area contributed by atoms with Gasteiger partial charge >= 0.3 is 12.4 Å². The van der Waals surface area contributed by atoms with Gasteiger partial charge in [0.1, 0.15) is 16.9 Å². The number of ether oxygens (including phenoxy) is 1. The number of nitrogens with one attached hydrogen (secondary N) is 1. The van der Waals surface area contributed by atoms with Gasteiger partial charge in [0, 0.05) is 5.39 Å². The molecule has 6 nitrogen and oxygen atoms in total. The fraction of sp³-hybridized carbons (Fsp3) is 0.286. The van der Waals surface area contributed by atoms with E-state index in [4.69, 9.17) is 9.15 Å². The number of rotatable bonds is 6. The van der Waals surface area contributed by atoms with Crippen molar-refractivity contribution in [2.24, 2.45) is 0 Å². The van der Waals surface area contributed by atoms with E-state index in [1.165, 1.54) is 30.3 Å². The molecule has 0 bridgehead atoms. The van der Waals surface area contributed by atoms with Gasteiger partial charge in [0.25, 0.3) is 0 Å². The van der Waals surface area contributed by atoms with Gasteiger partial charge in [0.2, 0.25) is 5.82 Å². The molecule has 2 aromatic carbocycles. The summed E-state index contributed by atoms with van der Waals surface area (Å²) in [4.78, 5) is 0. The van der Waals surface area contributed by atoms with E-state index in [0.717, 1.165) is 6.07 Å². The minimum Gasteiger partial charge on any atom is -0.493 e. The molecule has 0 unspecified atom stereocenters. The van der Waals surface area contributed by atoms with Crippen LogP contribution in [0.3, 0.4) is 0 Å². The van der Waals surface area contributed by atoms with Gasteiger partial charge in [-0.3, -0.25) is 0 Å². The third kappa shape index (κ3) is 4.64. The van der Waals surface area contributed by atoms with Crippen LogP contribution in [0, 0.1) is 0 Å². The smallest absolute Gasteiger partial charge is 0.420 e. The highest BCUT2D eigenvalue weighted by atomic mass is 19.4. The average molecular weight is 470 g/mol.